The maximum absolute atomic E-state index is 10.9. The van der Waals surface area contributed by atoms with Gasteiger partial charge in [-0.2, -0.15) is 0 Å². The number of ether oxygens (including phenoxy) is 2. The molecule has 2 aromatic rings. The predicted octanol–water partition coefficient (Wildman–Crippen LogP) is 2.69. The Morgan fingerprint density at radius 3 is 2.92 bits per heavy atom. The van der Waals surface area contributed by atoms with Crippen molar-refractivity contribution in [2.75, 3.05) is 25.1 Å². The highest BCUT2D eigenvalue weighted by molar-refractivity contribution is 6.02. The number of carboxylic acids is 1. The van der Waals surface area contributed by atoms with E-state index in [1.807, 2.05) is 6.07 Å². The summed E-state index contributed by atoms with van der Waals surface area (Å²) in [5, 5.41) is 13.6. The van der Waals surface area contributed by atoms with Gasteiger partial charge in [-0.1, -0.05) is 0 Å². The number of anilines is 1. The van der Waals surface area contributed by atoms with Crippen molar-refractivity contribution >= 4 is 28.5 Å². The highest BCUT2D eigenvalue weighted by Gasteiger charge is 2.24. The van der Waals surface area contributed by atoms with Crippen LogP contribution >= 0.6 is 0 Å². The van der Waals surface area contributed by atoms with Crippen LogP contribution in [0, 0.1) is 6.92 Å². The second-order valence-corrected chi connectivity index (χ2v) is 6.99. The molecular formula is C19H23N3O4. The molecule has 0 spiro atoms. The number of benzene rings is 1. The minimum Gasteiger partial charge on any atom is -0.481 e. The first-order valence-electron chi connectivity index (χ1n) is 8.99. The number of nitrogens with zero attached hydrogens (tertiary/aromatic N) is 1. The maximum atomic E-state index is 10.9. The van der Waals surface area contributed by atoms with Gasteiger partial charge in [0.2, 0.25) is 5.90 Å². The van der Waals surface area contributed by atoms with Gasteiger partial charge in [0.15, 0.2) is 0 Å². The van der Waals surface area contributed by atoms with E-state index in [9.17, 15) is 4.79 Å². The summed E-state index contributed by atoms with van der Waals surface area (Å²) >= 11 is 0. The van der Waals surface area contributed by atoms with Gasteiger partial charge in [-0.3, -0.25) is 4.79 Å². The highest BCUT2D eigenvalue weighted by atomic mass is 16.5. The summed E-state index contributed by atoms with van der Waals surface area (Å²) in [6, 6.07) is 6.35. The number of H-pyrrole nitrogens is 1. The van der Waals surface area contributed by atoms with Crippen LogP contribution in [-0.2, 0) is 14.3 Å². The molecule has 4 rings (SSSR count). The molecule has 1 saturated heterocycles. The van der Waals surface area contributed by atoms with Crippen LogP contribution in [-0.4, -0.2) is 53.9 Å². The number of aliphatic imine (C=N–C) groups is 1. The molecule has 7 nitrogen and oxygen atoms in total. The smallest absolute Gasteiger partial charge is 0.305 e. The molecule has 2 aliphatic rings. The number of aromatic nitrogens is 1. The maximum Gasteiger partial charge on any atom is 0.305 e. The third kappa shape index (κ3) is 3.53. The van der Waals surface area contributed by atoms with Crippen molar-refractivity contribution in [3.63, 3.8) is 0 Å². The van der Waals surface area contributed by atoms with Crippen molar-refractivity contribution in [1.82, 2.24) is 4.98 Å². The Labute approximate surface area is 151 Å². The predicted molar refractivity (Wildman–Crippen MR) is 99.0 cm³/mol. The number of aromatic amines is 1. The zero-order valence-corrected chi connectivity index (χ0v) is 14.7. The van der Waals surface area contributed by atoms with Crippen LogP contribution in [0.2, 0.25) is 0 Å². The molecule has 0 saturated carbocycles. The van der Waals surface area contributed by atoms with Crippen molar-refractivity contribution in [2.45, 2.75) is 38.3 Å². The zero-order valence-electron chi connectivity index (χ0n) is 14.7. The summed E-state index contributed by atoms with van der Waals surface area (Å²) < 4.78 is 11.1. The van der Waals surface area contributed by atoms with E-state index in [2.05, 4.69) is 34.3 Å². The van der Waals surface area contributed by atoms with Crippen molar-refractivity contribution < 1.29 is 19.4 Å². The molecule has 3 N–H and O–H groups in total. The Morgan fingerprint density at radius 1 is 1.35 bits per heavy atom. The fraction of sp³-hybridized carbons (Fsp3) is 0.474. The third-order valence-corrected chi connectivity index (χ3v) is 4.81. The Balaban J connectivity index is 1.62. The van der Waals surface area contributed by atoms with E-state index in [0.717, 1.165) is 48.3 Å². The monoisotopic (exact) mass is 357 g/mol. The van der Waals surface area contributed by atoms with Crippen LogP contribution in [0.25, 0.3) is 10.9 Å². The second-order valence-electron chi connectivity index (χ2n) is 6.99. The number of hydrogen-bond acceptors (Lipinski definition) is 5. The van der Waals surface area contributed by atoms with Gasteiger partial charge in [0.1, 0.15) is 12.3 Å². The quantitative estimate of drug-likeness (QED) is 0.765. The van der Waals surface area contributed by atoms with Crippen molar-refractivity contribution in [1.29, 1.82) is 0 Å². The topological polar surface area (TPSA) is 95.9 Å². The molecule has 0 amide bonds. The molecule has 0 bridgehead atoms. The minimum absolute atomic E-state index is 0.0145. The van der Waals surface area contributed by atoms with E-state index in [0.29, 0.717) is 18.5 Å². The highest BCUT2D eigenvalue weighted by Crippen LogP contribution is 2.29. The molecule has 1 aromatic heterocycles. The molecule has 7 heteroatoms. The van der Waals surface area contributed by atoms with Gasteiger partial charge in [0.25, 0.3) is 0 Å². The van der Waals surface area contributed by atoms with Gasteiger partial charge in [-0.25, -0.2) is 4.99 Å². The number of carboxylic acid groups (broad SMARTS) is 1. The van der Waals surface area contributed by atoms with Gasteiger partial charge in [-0.05, 0) is 43.5 Å². The number of nitrogens with one attached hydrogen (secondary N) is 2. The van der Waals surface area contributed by atoms with Gasteiger partial charge in [0.05, 0.1) is 23.7 Å². The first-order chi connectivity index (χ1) is 12.6. The Morgan fingerprint density at radius 2 is 2.15 bits per heavy atom. The lowest BCUT2D eigenvalue weighted by molar-refractivity contribution is -0.137. The Kier molecular flexibility index (Phi) is 4.55. The van der Waals surface area contributed by atoms with E-state index in [1.165, 1.54) is 5.56 Å². The lowest BCUT2D eigenvalue weighted by Gasteiger charge is -2.24. The van der Waals surface area contributed by atoms with Crippen molar-refractivity contribution in [2.24, 2.45) is 4.99 Å². The number of carbonyl (C=O) groups is 1. The Hall–Kier alpha value is -2.54. The van der Waals surface area contributed by atoms with E-state index < -0.39 is 5.97 Å². The van der Waals surface area contributed by atoms with Crippen LogP contribution in [0.5, 0.6) is 0 Å². The molecule has 1 unspecified atom stereocenters. The average Bonchev–Trinajstić information content (AvgIpc) is 3.22. The number of fused-ring (bicyclic) bond motifs is 1. The van der Waals surface area contributed by atoms with Gasteiger partial charge < -0.3 is 24.9 Å². The lowest BCUT2D eigenvalue weighted by atomic mass is 10.1. The molecule has 138 valence electrons. The largest absolute Gasteiger partial charge is 0.481 e. The molecule has 0 aliphatic carbocycles. The summed E-state index contributed by atoms with van der Waals surface area (Å²) in [7, 11) is 0. The summed E-state index contributed by atoms with van der Waals surface area (Å²) in [5.74, 6) is -0.374. The summed E-state index contributed by atoms with van der Waals surface area (Å²) in [5.41, 5.74) is 4.05. The standard InChI is InChI=1S/C19H23N3O4/c1-11-6-12-8-16(19-21-14(10-26-19)9-17(23)24)22-18(12)15(7-11)20-13-2-4-25-5-3-13/h6-8,13-14,20,22H,2-5,9-10H2,1H3,(H,23,24). The third-order valence-electron chi connectivity index (χ3n) is 4.81. The normalized spacial score (nSPS) is 20.8. The minimum atomic E-state index is -0.862. The fourth-order valence-electron chi connectivity index (χ4n) is 3.55. The molecule has 1 atom stereocenters. The molecule has 1 fully saturated rings. The molecular weight excluding hydrogens is 334 g/mol. The molecule has 3 heterocycles. The van der Waals surface area contributed by atoms with Crippen molar-refractivity contribution in [3.05, 3.63) is 29.5 Å². The van der Waals surface area contributed by atoms with Crippen LogP contribution in [0.4, 0.5) is 5.69 Å². The van der Waals surface area contributed by atoms with E-state index in [-0.39, 0.29) is 12.5 Å². The number of hydrogen-bond donors (Lipinski definition) is 3. The van der Waals surface area contributed by atoms with Crippen LogP contribution in [0.3, 0.4) is 0 Å². The van der Waals surface area contributed by atoms with Crippen LogP contribution in [0.15, 0.2) is 23.2 Å². The first-order valence-corrected chi connectivity index (χ1v) is 8.99. The van der Waals surface area contributed by atoms with E-state index in [1.54, 1.807) is 0 Å². The summed E-state index contributed by atoms with van der Waals surface area (Å²) in [6.45, 7) is 3.97. The number of aliphatic carboxylic acids is 1. The molecule has 26 heavy (non-hydrogen) atoms. The average molecular weight is 357 g/mol. The van der Waals surface area contributed by atoms with Gasteiger partial charge in [-0.15, -0.1) is 0 Å². The first kappa shape index (κ1) is 16.9. The van der Waals surface area contributed by atoms with E-state index in [4.69, 9.17) is 14.6 Å². The SMILES string of the molecule is Cc1cc(NC2CCOCC2)c2[nH]c(C3=NC(CC(=O)O)CO3)cc2c1. The Bertz CT molecular complexity index is 852. The summed E-state index contributed by atoms with van der Waals surface area (Å²) in [6.07, 6.45) is 1.98. The van der Waals surface area contributed by atoms with Gasteiger partial charge in [0, 0.05) is 24.6 Å². The lowest BCUT2D eigenvalue weighted by Crippen LogP contribution is -2.27. The van der Waals surface area contributed by atoms with Crippen LogP contribution < -0.4 is 5.32 Å². The number of aryl methyl sites for hydroxylation is 1. The van der Waals surface area contributed by atoms with Crippen molar-refractivity contribution in [3.8, 4) is 0 Å². The molecule has 0 radical (unpaired) electrons. The number of rotatable bonds is 5. The second kappa shape index (κ2) is 6.99. The summed E-state index contributed by atoms with van der Waals surface area (Å²) in [4.78, 5) is 18.7. The molecule has 2 aliphatic heterocycles. The molecule has 1 aromatic carbocycles. The fourth-order valence-corrected chi connectivity index (χ4v) is 3.55. The van der Waals surface area contributed by atoms with Gasteiger partial charge >= 0.3 is 5.97 Å². The van der Waals surface area contributed by atoms with Crippen LogP contribution in [0.1, 0.15) is 30.5 Å². The van der Waals surface area contributed by atoms with E-state index >= 15 is 0 Å². The zero-order chi connectivity index (χ0) is 18.1.